The van der Waals surface area contributed by atoms with Gasteiger partial charge in [-0.05, 0) is 26.0 Å². The van der Waals surface area contributed by atoms with Crippen LogP contribution < -0.4 is 0 Å². The summed E-state index contributed by atoms with van der Waals surface area (Å²) in [6.07, 6.45) is 3.43. The molecule has 2 rings (SSSR count). The highest BCUT2D eigenvalue weighted by Gasteiger charge is 2.29. The highest BCUT2D eigenvalue weighted by molar-refractivity contribution is 7.16. The summed E-state index contributed by atoms with van der Waals surface area (Å²) in [7, 11) is 0. The van der Waals surface area contributed by atoms with E-state index in [0.717, 1.165) is 11.3 Å². The molecule has 0 fully saturated rings. The summed E-state index contributed by atoms with van der Waals surface area (Å²) in [6, 6.07) is 3.55. The Balaban J connectivity index is 2.43. The molecule has 0 saturated heterocycles. The van der Waals surface area contributed by atoms with Crippen molar-refractivity contribution in [3.05, 3.63) is 35.1 Å². The molecule has 116 valence electrons. The average molecular weight is 322 g/mol. The van der Waals surface area contributed by atoms with Crippen LogP contribution in [0, 0.1) is 0 Å². The van der Waals surface area contributed by atoms with Crippen molar-refractivity contribution < 1.29 is 23.9 Å². The Bertz CT molecular complexity index is 690. The molecule has 2 heterocycles. The van der Waals surface area contributed by atoms with E-state index in [9.17, 15) is 14.4 Å². The number of carbonyl (C=O) groups is 3. The number of thiazole rings is 1. The number of aromatic nitrogens is 2. The summed E-state index contributed by atoms with van der Waals surface area (Å²) < 4.78 is 11.2. The van der Waals surface area contributed by atoms with E-state index in [-0.39, 0.29) is 23.8 Å². The Kier molecular flexibility index (Phi) is 5.05. The first-order chi connectivity index (χ1) is 10.6. The number of Topliss-reactive ketones (excluding diaryl/α,β-unsaturated/α-hetero) is 1. The van der Waals surface area contributed by atoms with Gasteiger partial charge in [-0.1, -0.05) is 11.3 Å². The maximum atomic E-state index is 12.1. The fourth-order valence-corrected chi connectivity index (χ4v) is 2.59. The van der Waals surface area contributed by atoms with Crippen LogP contribution in [0.4, 0.5) is 0 Å². The largest absolute Gasteiger partial charge is 0.462 e. The molecule has 0 atom stereocenters. The highest BCUT2D eigenvalue weighted by Crippen LogP contribution is 2.24. The van der Waals surface area contributed by atoms with Gasteiger partial charge < -0.3 is 14.0 Å². The zero-order chi connectivity index (χ0) is 16.1. The van der Waals surface area contributed by atoms with Crippen molar-refractivity contribution in [2.45, 2.75) is 13.8 Å². The first kappa shape index (κ1) is 15.9. The monoisotopic (exact) mass is 322 g/mol. The molecule has 0 spiro atoms. The van der Waals surface area contributed by atoms with E-state index in [0.29, 0.717) is 5.13 Å². The first-order valence-corrected chi connectivity index (χ1v) is 7.42. The second kappa shape index (κ2) is 6.99. The molecule has 0 saturated carbocycles. The van der Waals surface area contributed by atoms with Gasteiger partial charge in [-0.25, -0.2) is 14.6 Å². The smallest absolute Gasteiger partial charge is 0.381 e. The minimum absolute atomic E-state index is 0.0106. The quantitative estimate of drug-likeness (QED) is 0.458. The topological polar surface area (TPSA) is 87.5 Å². The number of rotatable bonds is 6. The van der Waals surface area contributed by atoms with Crippen LogP contribution in [-0.4, -0.2) is 40.5 Å². The molecule has 0 amide bonds. The lowest BCUT2D eigenvalue weighted by molar-refractivity contribution is -0.137. The third-order valence-electron chi connectivity index (χ3n) is 2.58. The van der Waals surface area contributed by atoms with E-state index in [2.05, 4.69) is 9.72 Å². The van der Waals surface area contributed by atoms with Crippen molar-refractivity contribution in [1.29, 1.82) is 0 Å². The SMILES string of the molecule is CCOC(=O)C(=O)c1nc(-n2cccc2)sc1C(=O)OCC. The van der Waals surface area contributed by atoms with Crippen LogP contribution in [-0.2, 0) is 14.3 Å². The molecule has 8 heteroatoms. The summed E-state index contributed by atoms with van der Waals surface area (Å²) in [5, 5.41) is 0.390. The van der Waals surface area contributed by atoms with Crippen molar-refractivity contribution in [1.82, 2.24) is 9.55 Å². The summed E-state index contributed by atoms with van der Waals surface area (Å²) in [6.45, 7) is 3.46. The molecule has 0 aliphatic heterocycles. The second-order valence-electron chi connectivity index (χ2n) is 4.03. The van der Waals surface area contributed by atoms with Gasteiger partial charge in [-0.15, -0.1) is 0 Å². The Morgan fingerprint density at radius 2 is 1.77 bits per heavy atom. The van der Waals surface area contributed by atoms with Crippen molar-refractivity contribution >= 4 is 29.1 Å². The van der Waals surface area contributed by atoms with Crippen molar-refractivity contribution in [2.75, 3.05) is 13.2 Å². The van der Waals surface area contributed by atoms with Gasteiger partial charge in [0.2, 0.25) is 0 Å². The molecule has 0 unspecified atom stereocenters. The molecule has 0 aliphatic rings. The summed E-state index contributed by atoms with van der Waals surface area (Å²) in [5.41, 5.74) is -0.245. The van der Waals surface area contributed by atoms with Crippen molar-refractivity contribution in [3.63, 3.8) is 0 Å². The molecule has 2 aromatic rings. The molecule has 0 radical (unpaired) electrons. The van der Waals surface area contributed by atoms with Crippen LogP contribution in [0.15, 0.2) is 24.5 Å². The number of carbonyl (C=O) groups excluding carboxylic acids is 3. The minimum atomic E-state index is -1.04. The van der Waals surface area contributed by atoms with Crippen LogP contribution in [0.2, 0.25) is 0 Å². The molecule has 0 aromatic carbocycles. The fraction of sp³-hybridized carbons (Fsp3) is 0.286. The van der Waals surface area contributed by atoms with Crippen LogP contribution in [0.5, 0.6) is 0 Å². The predicted octanol–water partition coefficient (Wildman–Crippen LogP) is 1.86. The lowest BCUT2D eigenvalue weighted by Gasteiger charge is -2.01. The number of ketones is 1. The van der Waals surface area contributed by atoms with E-state index in [1.807, 2.05) is 0 Å². The summed E-state index contributed by atoms with van der Waals surface area (Å²) in [4.78, 5) is 39.8. The van der Waals surface area contributed by atoms with E-state index in [1.54, 1.807) is 42.9 Å². The average Bonchev–Trinajstić information content (AvgIpc) is 3.16. The maximum absolute atomic E-state index is 12.1. The molecule has 2 aromatic heterocycles. The lowest BCUT2D eigenvalue weighted by Crippen LogP contribution is -2.20. The van der Waals surface area contributed by atoms with Gasteiger partial charge in [-0.2, -0.15) is 0 Å². The number of hydrogen-bond acceptors (Lipinski definition) is 7. The van der Waals surface area contributed by atoms with Crippen LogP contribution >= 0.6 is 11.3 Å². The summed E-state index contributed by atoms with van der Waals surface area (Å²) in [5.74, 6) is -2.69. The number of ether oxygens (including phenoxy) is 2. The molecular weight excluding hydrogens is 308 g/mol. The molecule has 22 heavy (non-hydrogen) atoms. The lowest BCUT2D eigenvalue weighted by atomic mass is 10.2. The molecule has 0 N–H and O–H groups in total. The van der Waals surface area contributed by atoms with E-state index >= 15 is 0 Å². The van der Waals surface area contributed by atoms with Gasteiger partial charge in [0.15, 0.2) is 5.13 Å². The summed E-state index contributed by atoms with van der Waals surface area (Å²) >= 11 is 0.978. The zero-order valence-corrected chi connectivity index (χ0v) is 12.9. The van der Waals surface area contributed by atoms with Crippen LogP contribution in [0.3, 0.4) is 0 Å². The molecular formula is C14H14N2O5S. The number of nitrogens with zero attached hydrogens (tertiary/aromatic N) is 2. The van der Waals surface area contributed by atoms with Crippen molar-refractivity contribution in [3.8, 4) is 5.13 Å². The number of hydrogen-bond donors (Lipinski definition) is 0. The zero-order valence-electron chi connectivity index (χ0n) is 12.1. The fourth-order valence-electron chi connectivity index (χ4n) is 1.66. The number of esters is 2. The van der Waals surface area contributed by atoms with Gasteiger partial charge in [-0.3, -0.25) is 4.79 Å². The highest BCUT2D eigenvalue weighted by atomic mass is 32.1. The Labute approximate surface area is 130 Å². The van der Waals surface area contributed by atoms with Crippen LogP contribution in [0.25, 0.3) is 5.13 Å². The maximum Gasteiger partial charge on any atom is 0.381 e. The molecule has 0 aliphatic carbocycles. The second-order valence-corrected chi connectivity index (χ2v) is 5.01. The van der Waals surface area contributed by atoms with Gasteiger partial charge >= 0.3 is 11.9 Å². The minimum Gasteiger partial charge on any atom is -0.462 e. The van der Waals surface area contributed by atoms with E-state index in [1.165, 1.54) is 0 Å². The van der Waals surface area contributed by atoms with Gasteiger partial charge in [0.25, 0.3) is 5.78 Å². The molecule has 7 nitrogen and oxygen atoms in total. The normalized spacial score (nSPS) is 10.3. The Morgan fingerprint density at radius 1 is 1.14 bits per heavy atom. The van der Waals surface area contributed by atoms with E-state index in [4.69, 9.17) is 4.74 Å². The van der Waals surface area contributed by atoms with Gasteiger partial charge in [0.05, 0.1) is 13.2 Å². The third-order valence-corrected chi connectivity index (χ3v) is 3.63. The van der Waals surface area contributed by atoms with Crippen LogP contribution in [0.1, 0.15) is 34.0 Å². The predicted molar refractivity (Wildman–Crippen MR) is 78.4 cm³/mol. The third kappa shape index (κ3) is 3.22. The standard InChI is InChI=1S/C14H14N2O5S/c1-3-20-12(18)10(17)9-11(13(19)21-4-2)22-14(15-9)16-7-5-6-8-16/h5-8H,3-4H2,1-2H3. The Hall–Kier alpha value is -2.48. The van der Waals surface area contributed by atoms with Gasteiger partial charge in [0, 0.05) is 12.4 Å². The van der Waals surface area contributed by atoms with E-state index < -0.39 is 17.7 Å². The molecule has 0 bridgehead atoms. The van der Waals surface area contributed by atoms with Crippen molar-refractivity contribution in [2.24, 2.45) is 0 Å². The first-order valence-electron chi connectivity index (χ1n) is 6.61. The van der Waals surface area contributed by atoms with Gasteiger partial charge in [0.1, 0.15) is 10.6 Å². The Morgan fingerprint density at radius 3 is 2.36 bits per heavy atom.